The lowest BCUT2D eigenvalue weighted by Crippen LogP contribution is -2.43. The van der Waals surface area contributed by atoms with E-state index in [-0.39, 0.29) is 53.3 Å². The van der Waals surface area contributed by atoms with Gasteiger partial charge in [-0.2, -0.15) is 22.9 Å². The number of thioether (sulfide) groups is 1. The van der Waals surface area contributed by atoms with E-state index in [1.165, 1.54) is 24.3 Å². The van der Waals surface area contributed by atoms with Crippen LogP contribution < -0.4 is 20.5 Å². The van der Waals surface area contributed by atoms with E-state index in [9.17, 15) is 22.8 Å². The Morgan fingerprint density at radius 2 is 1.93 bits per heavy atom. The standard InChI is InChI=1S/C26H36ClN7O8S2Si/c1-6-41-26-31-20(43-15-18(28)23(36)29-11-10-21(35)42-12-13-45(3,4)5)14-19-30-25(32-34(19)26)44(38,39)33-22-16(24(37)40-2)8-7-9-17(22)27/h7-9,14,18,33H,6,10-13,15,28H2,1-5H3,(H,29,36)/t18-/m0/s1. The highest BCUT2D eigenvalue weighted by atomic mass is 35.5. The third-order valence-corrected chi connectivity index (χ3v) is 10.1. The number of fused-ring (bicyclic) bond motifs is 1. The molecule has 2 heterocycles. The lowest BCUT2D eigenvalue weighted by molar-refractivity contribution is -0.143. The maximum Gasteiger partial charge on any atom is 0.340 e. The van der Waals surface area contributed by atoms with Crippen molar-refractivity contribution in [3.05, 3.63) is 34.9 Å². The van der Waals surface area contributed by atoms with Crippen molar-refractivity contribution in [2.75, 3.05) is 37.3 Å². The van der Waals surface area contributed by atoms with Crippen LogP contribution in [-0.4, -0.2) is 92.6 Å². The highest BCUT2D eigenvalue weighted by Gasteiger charge is 2.27. The number of methoxy groups -OCH3 is 1. The molecule has 1 aromatic carbocycles. The largest absolute Gasteiger partial charge is 0.466 e. The SMILES string of the molecule is CCOc1nc(SC[C@H](N)C(=O)NCCC(=O)OCC[Si](C)(C)C)cc2nc(S(=O)(=O)Nc3c(Cl)cccc3C(=O)OC)nn12. The van der Waals surface area contributed by atoms with Gasteiger partial charge in [0.2, 0.25) is 5.91 Å². The third-order valence-electron chi connectivity index (χ3n) is 5.91. The minimum absolute atomic E-state index is 0.0285. The molecule has 15 nitrogen and oxygen atoms in total. The molecular weight excluding hydrogens is 666 g/mol. The molecule has 0 aliphatic carbocycles. The number of benzene rings is 1. The normalized spacial score (nSPS) is 12.4. The number of aromatic nitrogens is 4. The first-order valence-electron chi connectivity index (χ1n) is 13.8. The molecule has 2 aromatic heterocycles. The Kier molecular flexibility index (Phi) is 12.6. The molecule has 0 aliphatic heterocycles. The van der Waals surface area contributed by atoms with Crippen LogP contribution in [0.1, 0.15) is 23.7 Å². The number of ether oxygens (including phenoxy) is 3. The molecule has 0 saturated carbocycles. The van der Waals surface area contributed by atoms with Crippen molar-refractivity contribution >= 4 is 70.6 Å². The number of rotatable bonds is 16. The molecule has 3 rings (SSSR count). The van der Waals surface area contributed by atoms with Gasteiger partial charge in [0.15, 0.2) is 5.65 Å². The Hall–Kier alpha value is -3.45. The van der Waals surface area contributed by atoms with E-state index < -0.39 is 47.1 Å². The van der Waals surface area contributed by atoms with E-state index in [1.54, 1.807) is 6.92 Å². The second kappa shape index (κ2) is 15.7. The Morgan fingerprint density at radius 3 is 2.60 bits per heavy atom. The summed E-state index contributed by atoms with van der Waals surface area (Å²) >= 11 is 7.29. The number of anilines is 1. The van der Waals surface area contributed by atoms with Crippen molar-refractivity contribution in [3.63, 3.8) is 0 Å². The number of esters is 2. The van der Waals surface area contributed by atoms with Crippen LogP contribution in [0.4, 0.5) is 5.69 Å². The Balaban J connectivity index is 1.69. The highest BCUT2D eigenvalue weighted by molar-refractivity contribution is 7.99. The number of amides is 1. The minimum Gasteiger partial charge on any atom is -0.466 e. The zero-order valence-electron chi connectivity index (χ0n) is 25.5. The zero-order chi connectivity index (χ0) is 33.4. The minimum atomic E-state index is -4.45. The topological polar surface area (TPSA) is 206 Å². The number of halogens is 1. The molecule has 19 heteroatoms. The second-order valence-electron chi connectivity index (χ2n) is 10.7. The van der Waals surface area contributed by atoms with Crippen LogP contribution >= 0.6 is 23.4 Å². The molecule has 3 aromatic rings. The molecule has 246 valence electrons. The maximum absolute atomic E-state index is 13.2. The van der Waals surface area contributed by atoms with E-state index in [0.29, 0.717) is 11.6 Å². The fraction of sp³-hybridized carbons (Fsp3) is 0.462. The average Bonchev–Trinajstić information content (AvgIpc) is 3.41. The van der Waals surface area contributed by atoms with E-state index in [4.69, 9.17) is 31.5 Å². The molecule has 1 amide bonds. The number of hydrogen-bond acceptors (Lipinski definition) is 13. The molecule has 45 heavy (non-hydrogen) atoms. The van der Waals surface area contributed by atoms with Crippen LogP contribution in [0.25, 0.3) is 5.65 Å². The zero-order valence-corrected chi connectivity index (χ0v) is 28.8. The number of hydrogen-bond donors (Lipinski definition) is 3. The van der Waals surface area contributed by atoms with Gasteiger partial charge < -0.3 is 25.3 Å². The Morgan fingerprint density at radius 1 is 1.20 bits per heavy atom. The van der Waals surface area contributed by atoms with E-state index in [1.807, 2.05) is 0 Å². The summed E-state index contributed by atoms with van der Waals surface area (Å²) in [4.78, 5) is 45.0. The summed E-state index contributed by atoms with van der Waals surface area (Å²) in [7, 11) is -4.61. The molecule has 0 saturated heterocycles. The molecule has 0 bridgehead atoms. The van der Waals surface area contributed by atoms with Gasteiger partial charge in [-0.15, -0.1) is 16.9 Å². The summed E-state index contributed by atoms with van der Waals surface area (Å²) in [5, 5.41) is 6.32. The summed E-state index contributed by atoms with van der Waals surface area (Å²) < 4.78 is 45.3. The van der Waals surface area contributed by atoms with Crippen LogP contribution in [0.2, 0.25) is 30.7 Å². The molecule has 0 unspecified atom stereocenters. The lowest BCUT2D eigenvalue weighted by Gasteiger charge is -2.15. The predicted octanol–water partition coefficient (Wildman–Crippen LogP) is 2.57. The number of carbonyl (C=O) groups is 3. The summed E-state index contributed by atoms with van der Waals surface area (Å²) in [6, 6.07) is 5.55. The van der Waals surface area contributed by atoms with Crippen LogP contribution in [0.5, 0.6) is 6.01 Å². The maximum atomic E-state index is 13.2. The Labute approximate surface area is 271 Å². The number of nitrogens with two attached hydrogens (primary N) is 1. The van der Waals surface area contributed by atoms with Gasteiger partial charge in [0.05, 0.1) is 49.1 Å². The van der Waals surface area contributed by atoms with E-state index in [2.05, 4.69) is 44.7 Å². The van der Waals surface area contributed by atoms with Gasteiger partial charge in [0.25, 0.3) is 15.2 Å². The molecule has 0 spiro atoms. The predicted molar refractivity (Wildman–Crippen MR) is 171 cm³/mol. The molecule has 1 atom stereocenters. The first-order chi connectivity index (χ1) is 21.1. The van der Waals surface area contributed by atoms with E-state index >= 15 is 0 Å². The van der Waals surface area contributed by atoms with E-state index in [0.717, 1.165) is 29.4 Å². The summed E-state index contributed by atoms with van der Waals surface area (Å²) in [5.74, 6) is -1.55. The van der Waals surface area contributed by atoms with Crippen LogP contribution in [0.3, 0.4) is 0 Å². The van der Waals surface area contributed by atoms with Gasteiger partial charge in [-0.25, -0.2) is 4.79 Å². The van der Waals surface area contributed by atoms with Crippen LogP contribution in [0, 0.1) is 0 Å². The van der Waals surface area contributed by atoms with Crippen LogP contribution in [0.15, 0.2) is 34.4 Å². The smallest absolute Gasteiger partial charge is 0.340 e. The van der Waals surface area contributed by atoms with Crippen LogP contribution in [-0.2, 0) is 29.1 Å². The monoisotopic (exact) mass is 701 g/mol. The Bertz CT molecular complexity index is 1650. The van der Waals surface area contributed by atoms with Crippen molar-refractivity contribution in [2.45, 2.75) is 55.3 Å². The van der Waals surface area contributed by atoms with Gasteiger partial charge in [-0.1, -0.05) is 37.3 Å². The van der Waals surface area contributed by atoms with Crippen molar-refractivity contribution in [3.8, 4) is 6.01 Å². The first-order valence-corrected chi connectivity index (χ1v) is 20.3. The number of sulfonamides is 1. The summed E-state index contributed by atoms with van der Waals surface area (Å²) in [5.41, 5.74) is 5.82. The molecule has 0 aliphatic rings. The second-order valence-corrected chi connectivity index (χ2v) is 19.4. The number of carbonyl (C=O) groups excluding carboxylic acids is 3. The lowest BCUT2D eigenvalue weighted by atomic mass is 10.2. The third kappa shape index (κ3) is 10.3. The molecule has 4 N–H and O–H groups in total. The number of para-hydroxylation sites is 1. The molecular formula is C26H36ClN7O8S2Si. The number of nitrogens with one attached hydrogen (secondary N) is 2. The fourth-order valence-electron chi connectivity index (χ4n) is 3.53. The van der Waals surface area contributed by atoms with Crippen molar-refractivity contribution in [1.82, 2.24) is 24.9 Å². The summed E-state index contributed by atoms with van der Waals surface area (Å²) in [6.07, 6.45) is 0.0285. The van der Waals surface area contributed by atoms with Gasteiger partial charge in [0.1, 0.15) is 5.03 Å². The van der Waals surface area contributed by atoms with Gasteiger partial charge in [0, 0.05) is 26.4 Å². The van der Waals surface area contributed by atoms with Gasteiger partial charge in [-0.3, -0.25) is 14.3 Å². The average molecular weight is 702 g/mol. The first kappa shape index (κ1) is 36.0. The number of nitrogens with zero attached hydrogens (tertiary/aromatic N) is 4. The van der Waals surface area contributed by atoms with Gasteiger partial charge >= 0.3 is 17.9 Å². The molecule has 0 radical (unpaired) electrons. The quantitative estimate of drug-likeness (QED) is 0.0851. The molecule has 0 fully saturated rings. The highest BCUT2D eigenvalue weighted by Crippen LogP contribution is 2.29. The fourth-order valence-corrected chi connectivity index (χ4v) is 6.34. The van der Waals surface area contributed by atoms with Crippen molar-refractivity contribution < 1.29 is 37.0 Å². The van der Waals surface area contributed by atoms with Crippen molar-refractivity contribution in [2.24, 2.45) is 5.73 Å². The van der Waals surface area contributed by atoms with Gasteiger partial charge in [-0.05, 0) is 25.1 Å². The van der Waals surface area contributed by atoms with Crippen molar-refractivity contribution in [1.29, 1.82) is 0 Å². The summed E-state index contributed by atoms with van der Waals surface area (Å²) in [6.45, 7) is 8.90.